The Hall–Kier alpha value is -3.65. The Labute approximate surface area is 204 Å². The van der Waals surface area contributed by atoms with Crippen molar-refractivity contribution in [2.45, 2.75) is 37.8 Å². The maximum atomic E-state index is 6.38. The van der Waals surface area contributed by atoms with Crippen molar-refractivity contribution in [2.24, 2.45) is 10.7 Å². The van der Waals surface area contributed by atoms with Crippen molar-refractivity contribution in [3.63, 3.8) is 0 Å². The predicted molar refractivity (Wildman–Crippen MR) is 134 cm³/mol. The summed E-state index contributed by atoms with van der Waals surface area (Å²) in [6, 6.07) is 12.6. The molecule has 0 bridgehead atoms. The Balaban J connectivity index is 1.46. The molecule has 4 heterocycles. The molecule has 1 fully saturated rings. The van der Waals surface area contributed by atoms with Crippen LogP contribution in [0, 0.1) is 0 Å². The maximum absolute atomic E-state index is 6.38. The molecule has 0 saturated carbocycles. The molecule has 0 radical (unpaired) electrons. The first kappa shape index (κ1) is 21.9. The van der Waals surface area contributed by atoms with E-state index in [2.05, 4.69) is 46.9 Å². The summed E-state index contributed by atoms with van der Waals surface area (Å²) in [6.45, 7) is 7.11. The summed E-state index contributed by atoms with van der Waals surface area (Å²) in [5.41, 5.74) is 10.1. The number of aromatic nitrogens is 2. The Morgan fingerprint density at radius 3 is 2.43 bits per heavy atom. The second kappa shape index (κ2) is 8.23. The van der Waals surface area contributed by atoms with Gasteiger partial charge in [0.15, 0.2) is 5.54 Å². The van der Waals surface area contributed by atoms with E-state index in [0.717, 1.165) is 65.4 Å². The number of nitrogens with zero attached hydrogens (tertiary/aromatic N) is 4. The van der Waals surface area contributed by atoms with Crippen molar-refractivity contribution in [3.05, 3.63) is 66.2 Å². The molecule has 1 saturated heterocycles. The lowest BCUT2D eigenvalue weighted by molar-refractivity contribution is -0.0605. The van der Waals surface area contributed by atoms with Crippen LogP contribution in [-0.2, 0) is 15.0 Å². The van der Waals surface area contributed by atoms with Crippen LogP contribution in [0.4, 0.5) is 5.69 Å². The summed E-state index contributed by atoms with van der Waals surface area (Å²) >= 11 is 0. The highest BCUT2D eigenvalue weighted by Gasteiger charge is 2.47. The topological polar surface area (TPSA) is 95.1 Å². The first-order valence-electron chi connectivity index (χ1n) is 12.2. The third kappa shape index (κ3) is 3.51. The molecule has 8 nitrogen and oxygen atoms in total. The summed E-state index contributed by atoms with van der Waals surface area (Å²) in [5, 5.41) is 0. The van der Waals surface area contributed by atoms with Gasteiger partial charge in [-0.1, -0.05) is 19.9 Å². The van der Waals surface area contributed by atoms with Crippen molar-refractivity contribution < 1.29 is 14.2 Å². The second-order valence-electron chi connectivity index (χ2n) is 9.38. The van der Waals surface area contributed by atoms with Crippen LogP contribution < -0.4 is 15.4 Å². The Morgan fingerprint density at radius 2 is 1.71 bits per heavy atom. The van der Waals surface area contributed by atoms with Crippen LogP contribution in [0.15, 0.2) is 60.1 Å². The number of morpholine rings is 1. The molecule has 6 rings (SSSR count). The molecule has 3 aliphatic heterocycles. The number of nitrogens with two attached hydrogens (primary N) is 1. The number of rotatable bonds is 4. The number of aliphatic imine (C=N–C) groups is 1. The van der Waals surface area contributed by atoms with Gasteiger partial charge in [-0.05, 0) is 48.7 Å². The van der Waals surface area contributed by atoms with Crippen molar-refractivity contribution in [1.82, 2.24) is 9.97 Å². The van der Waals surface area contributed by atoms with Gasteiger partial charge < -0.3 is 24.8 Å². The number of fused-ring (bicyclic) bond motifs is 4. The van der Waals surface area contributed by atoms with Gasteiger partial charge in [0.25, 0.3) is 6.02 Å². The minimum atomic E-state index is -0.784. The van der Waals surface area contributed by atoms with Crippen LogP contribution in [0.3, 0.4) is 0 Å². The van der Waals surface area contributed by atoms with Gasteiger partial charge in [0.2, 0.25) is 0 Å². The smallest absolute Gasteiger partial charge is 0.283 e. The molecule has 8 heteroatoms. The van der Waals surface area contributed by atoms with E-state index in [9.17, 15) is 0 Å². The Kier molecular flexibility index (Phi) is 5.14. The molecule has 180 valence electrons. The monoisotopic (exact) mass is 471 g/mol. The highest BCUT2D eigenvalue weighted by Crippen LogP contribution is 2.52. The zero-order valence-electron chi connectivity index (χ0n) is 20.0. The van der Waals surface area contributed by atoms with E-state index < -0.39 is 5.54 Å². The number of hydrogen-bond donors (Lipinski definition) is 1. The third-order valence-corrected chi connectivity index (χ3v) is 7.58. The number of anilines is 1. The van der Waals surface area contributed by atoms with Crippen LogP contribution in [0.1, 0.15) is 37.8 Å². The second-order valence-corrected chi connectivity index (χ2v) is 9.38. The first-order chi connectivity index (χ1) is 17.1. The lowest BCUT2D eigenvalue weighted by Gasteiger charge is -2.43. The Morgan fingerprint density at radius 1 is 0.971 bits per heavy atom. The molecule has 1 aromatic heterocycles. The van der Waals surface area contributed by atoms with Crippen molar-refractivity contribution in [2.75, 3.05) is 31.2 Å². The summed E-state index contributed by atoms with van der Waals surface area (Å²) in [6.07, 6.45) is 7.08. The minimum Gasteiger partial charge on any atom is -0.462 e. The predicted octanol–water partition coefficient (Wildman–Crippen LogP) is 4.23. The average molecular weight is 472 g/mol. The third-order valence-electron chi connectivity index (χ3n) is 7.58. The molecule has 3 aliphatic rings. The van der Waals surface area contributed by atoms with Crippen molar-refractivity contribution >= 4 is 11.7 Å². The van der Waals surface area contributed by atoms with E-state index in [1.54, 1.807) is 12.4 Å². The molecule has 2 N–H and O–H groups in total. The van der Waals surface area contributed by atoms with Crippen LogP contribution in [0.5, 0.6) is 11.5 Å². The van der Waals surface area contributed by atoms with Gasteiger partial charge >= 0.3 is 0 Å². The molecular formula is C27H29N5O3. The van der Waals surface area contributed by atoms with E-state index in [1.807, 2.05) is 18.2 Å². The van der Waals surface area contributed by atoms with E-state index in [4.69, 9.17) is 24.9 Å². The van der Waals surface area contributed by atoms with Gasteiger partial charge in [-0.15, -0.1) is 0 Å². The molecule has 3 aromatic rings. The minimum absolute atomic E-state index is 0.124. The van der Waals surface area contributed by atoms with Crippen LogP contribution in [0.25, 0.3) is 11.1 Å². The summed E-state index contributed by atoms with van der Waals surface area (Å²) in [5.74, 6) is 1.51. The standard InChI is InChI=1S/C27H29N5O3/c1-3-26(4-2)15-32(9-10-34-26)20-6-8-24-22(12-20)27(16-33-25(28)31-27)21-11-18(5-7-23(21)35-24)19-13-29-17-30-14-19/h5-8,11-14,17H,3-4,9-10,15-16H2,1-2H3,(H2,28,31)/t27-/m0/s1. The largest absolute Gasteiger partial charge is 0.462 e. The fraction of sp³-hybridized carbons (Fsp3) is 0.370. The van der Waals surface area contributed by atoms with Gasteiger partial charge in [-0.3, -0.25) is 0 Å². The van der Waals surface area contributed by atoms with Crippen LogP contribution >= 0.6 is 0 Å². The molecule has 0 amide bonds. The lowest BCUT2D eigenvalue weighted by atomic mass is 9.80. The molecule has 1 atom stereocenters. The molecule has 1 spiro atoms. The van der Waals surface area contributed by atoms with Gasteiger partial charge in [-0.25, -0.2) is 15.0 Å². The summed E-state index contributed by atoms with van der Waals surface area (Å²) in [7, 11) is 0. The van der Waals surface area contributed by atoms with Gasteiger partial charge in [0.05, 0.1) is 12.2 Å². The SMILES string of the molecule is CCC1(CC)CN(c2ccc3c(c2)[C@]2(COC(N)=N2)c2cc(-c4cncnc4)ccc2O3)CCO1. The van der Waals surface area contributed by atoms with Crippen molar-refractivity contribution in [3.8, 4) is 22.6 Å². The molecular weight excluding hydrogens is 442 g/mol. The summed E-state index contributed by atoms with van der Waals surface area (Å²) < 4.78 is 18.4. The number of amidine groups is 1. The van der Waals surface area contributed by atoms with Crippen molar-refractivity contribution in [1.29, 1.82) is 0 Å². The number of hydrogen-bond acceptors (Lipinski definition) is 8. The lowest BCUT2D eigenvalue weighted by Crippen LogP contribution is -2.51. The Bertz CT molecular complexity index is 1290. The fourth-order valence-corrected chi connectivity index (χ4v) is 5.41. The number of ether oxygens (including phenoxy) is 3. The maximum Gasteiger partial charge on any atom is 0.283 e. The van der Waals surface area contributed by atoms with Crippen LogP contribution in [0.2, 0.25) is 0 Å². The number of benzene rings is 2. The van der Waals surface area contributed by atoms with E-state index in [1.165, 1.54) is 6.33 Å². The molecule has 35 heavy (non-hydrogen) atoms. The van der Waals surface area contributed by atoms with Gasteiger partial charge in [0.1, 0.15) is 24.4 Å². The summed E-state index contributed by atoms with van der Waals surface area (Å²) in [4.78, 5) is 15.6. The molecule has 0 unspecified atom stereocenters. The fourth-order valence-electron chi connectivity index (χ4n) is 5.41. The van der Waals surface area contributed by atoms with Crippen LogP contribution in [-0.4, -0.2) is 47.9 Å². The zero-order chi connectivity index (χ0) is 24.0. The highest BCUT2D eigenvalue weighted by molar-refractivity contribution is 5.78. The van der Waals surface area contributed by atoms with Gasteiger partial charge in [-0.2, -0.15) is 0 Å². The molecule has 2 aromatic carbocycles. The van der Waals surface area contributed by atoms with E-state index in [-0.39, 0.29) is 11.6 Å². The normalized spacial score (nSPS) is 22.1. The van der Waals surface area contributed by atoms with Gasteiger partial charge in [0, 0.05) is 47.9 Å². The zero-order valence-corrected chi connectivity index (χ0v) is 20.0. The molecule has 0 aliphatic carbocycles. The average Bonchev–Trinajstić information content (AvgIpc) is 3.31. The van der Waals surface area contributed by atoms with E-state index in [0.29, 0.717) is 13.2 Å². The highest BCUT2D eigenvalue weighted by atomic mass is 16.5. The quantitative estimate of drug-likeness (QED) is 0.608. The first-order valence-corrected chi connectivity index (χ1v) is 12.2. The van der Waals surface area contributed by atoms with E-state index >= 15 is 0 Å².